The summed E-state index contributed by atoms with van der Waals surface area (Å²) in [4.78, 5) is 16.4. The van der Waals surface area contributed by atoms with Crippen LogP contribution in [0.5, 0.6) is 11.5 Å². The number of rotatable bonds is 4. The van der Waals surface area contributed by atoms with Gasteiger partial charge in [0, 0.05) is 35.9 Å². The van der Waals surface area contributed by atoms with Crippen molar-refractivity contribution in [3.8, 4) is 11.5 Å². The number of pyridine rings is 2. The summed E-state index contributed by atoms with van der Waals surface area (Å²) in [5.74, 6) is 0.509. The number of aromatic hydroxyl groups is 2. The summed E-state index contributed by atoms with van der Waals surface area (Å²) in [5, 5.41) is 19.4. The van der Waals surface area contributed by atoms with Gasteiger partial charge in [-0.2, -0.15) is 0 Å². The summed E-state index contributed by atoms with van der Waals surface area (Å²) in [6, 6.07) is 13.8. The van der Waals surface area contributed by atoms with E-state index in [-0.39, 0.29) is 23.1 Å². The number of hydrogen-bond donors (Lipinski definition) is 2. The SMILES string of the molecule is Oc1cccnc1/N=C/c1ccccc1/C=N/c1ncccc1O. The molecule has 3 rings (SSSR count). The van der Waals surface area contributed by atoms with Crippen molar-refractivity contribution in [1.82, 2.24) is 9.97 Å². The van der Waals surface area contributed by atoms with Crippen molar-refractivity contribution in [2.24, 2.45) is 9.98 Å². The minimum atomic E-state index is 0.0123. The quantitative estimate of drug-likeness (QED) is 0.721. The third-order valence-corrected chi connectivity index (χ3v) is 3.18. The molecule has 0 aliphatic heterocycles. The van der Waals surface area contributed by atoms with Crippen molar-refractivity contribution < 1.29 is 10.2 Å². The summed E-state index contributed by atoms with van der Waals surface area (Å²) in [6.07, 6.45) is 6.32. The molecule has 2 aromatic heterocycles. The molecule has 0 atom stereocenters. The van der Waals surface area contributed by atoms with E-state index in [1.807, 2.05) is 24.3 Å². The molecule has 118 valence electrons. The monoisotopic (exact) mass is 318 g/mol. The predicted molar refractivity (Wildman–Crippen MR) is 92.8 cm³/mol. The molecule has 2 N–H and O–H groups in total. The largest absolute Gasteiger partial charge is 0.504 e. The van der Waals surface area contributed by atoms with E-state index in [2.05, 4.69) is 20.0 Å². The normalized spacial score (nSPS) is 11.3. The molecule has 2 heterocycles. The summed E-state index contributed by atoms with van der Waals surface area (Å²) in [5.41, 5.74) is 1.59. The van der Waals surface area contributed by atoms with Crippen molar-refractivity contribution in [2.75, 3.05) is 0 Å². The molecule has 6 nitrogen and oxygen atoms in total. The van der Waals surface area contributed by atoms with Gasteiger partial charge in [-0.15, -0.1) is 0 Å². The number of benzene rings is 1. The number of aliphatic imine (C=N–C) groups is 2. The fourth-order valence-electron chi connectivity index (χ4n) is 1.98. The minimum Gasteiger partial charge on any atom is -0.504 e. The number of nitrogens with zero attached hydrogens (tertiary/aromatic N) is 4. The van der Waals surface area contributed by atoms with Crippen LogP contribution in [0.3, 0.4) is 0 Å². The van der Waals surface area contributed by atoms with Gasteiger partial charge in [-0.3, -0.25) is 0 Å². The van der Waals surface area contributed by atoms with Crippen LogP contribution < -0.4 is 0 Å². The molecule has 0 unspecified atom stereocenters. The maximum absolute atomic E-state index is 9.70. The van der Waals surface area contributed by atoms with Gasteiger partial charge < -0.3 is 10.2 Å². The highest BCUT2D eigenvalue weighted by atomic mass is 16.3. The van der Waals surface area contributed by atoms with Crippen LogP contribution in [-0.2, 0) is 0 Å². The van der Waals surface area contributed by atoms with E-state index in [1.54, 1.807) is 37.0 Å². The summed E-state index contributed by atoms with van der Waals surface area (Å²) in [6.45, 7) is 0. The van der Waals surface area contributed by atoms with Crippen LogP contribution in [0, 0.1) is 0 Å². The Labute approximate surface area is 138 Å². The Morgan fingerprint density at radius 2 is 1.12 bits per heavy atom. The molecule has 0 bridgehead atoms. The molecule has 1 aromatic carbocycles. The molecule has 0 aliphatic carbocycles. The van der Waals surface area contributed by atoms with Crippen molar-refractivity contribution >= 4 is 24.1 Å². The lowest BCUT2D eigenvalue weighted by molar-refractivity contribution is 0.474. The standard InChI is InChI=1S/C18H14N4O2/c23-15-7-3-9-19-17(15)21-11-13-5-1-2-6-14(13)12-22-18-16(24)8-4-10-20-18/h1-12,23-24H/b21-11+,22-12+. The van der Waals surface area contributed by atoms with Gasteiger partial charge >= 0.3 is 0 Å². The molecule has 0 saturated carbocycles. The van der Waals surface area contributed by atoms with E-state index >= 15 is 0 Å². The second-order valence-corrected chi connectivity index (χ2v) is 4.84. The predicted octanol–water partition coefficient (Wildman–Crippen LogP) is 3.39. The molecule has 6 heteroatoms. The average molecular weight is 318 g/mol. The Hall–Kier alpha value is -3.54. The van der Waals surface area contributed by atoms with E-state index in [4.69, 9.17) is 0 Å². The molecule has 0 fully saturated rings. The van der Waals surface area contributed by atoms with E-state index in [1.165, 1.54) is 12.1 Å². The van der Waals surface area contributed by atoms with Crippen LogP contribution in [0.4, 0.5) is 11.6 Å². The Balaban J connectivity index is 1.89. The van der Waals surface area contributed by atoms with Crippen molar-refractivity contribution in [3.05, 3.63) is 72.1 Å². The third-order valence-electron chi connectivity index (χ3n) is 3.18. The molecule has 3 aromatic rings. The third kappa shape index (κ3) is 3.61. The van der Waals surface area contributed by atoms with E-state index in [0.717, 1.165) is 11.1 Å². The van der Waals surface area contributed by atoms with E-state index in [9.17, 15) is 10.2 Å². The fourth-order valence-corrected chi connectivity index (χ4v) is 1.98. The van der Waals surface area contributed by atoms with Gasteiger partial charge in [0.15, 0.2) is 23.1 Å². The number of hydrogen-bond acceptors (Lipinski definition) is 6. The fraction of sp³-hybridized carbons (Fsp3) is 0. The van der Waals surface area contributed by atoms with Crippen molar-refractivity contribution in [2.45, 2.75) is 0 Å². The zero-order valence-corrected chi connectivity index (χ0v) is 12.6. The van der Waals surface area contributed by atoms with Crippen LogP contribution in [0.1, 0.15) is 11.1 Å². The molecule has 24 heavy (non-hydrogen) atoms. The highest BCUT2D eigenvalue weighted by Crippen LogP contribution is 2.23. The average Bonchev–Trinajstić information content (AvgIpc) is 2.61. The van der Waals surface area contributed by atoms with Crippen LogP contribution in [0.15, 0.2) is 70.9 Å². The number of aromatic nitrogens is 2. The first-order chi connectivity index (χ1) is 11.7. The van der Waals surface area contributed by atoms with Crippen LogP contribution >= 0.6 is 0 Å². The maximum Gasteiger partial charge on any atom is 0.194 e. The minimum absolute atomic E-state index is 0.0123. The first-order valence-electron chi connectivity index (χ1n) is 7.19. The highest BCUT2D eigenvalue weighted by Gasteiger charge is 2.01. The lowest BCUT2D eigenvalue weighted by atomic mass is 10.1. The summed E-state index contributed by atoms with van der Waals surface area (Å²) in [7, 11) is 0. The first kappa shape index (κ1) is 15.4. The van der Waals surface area contributed by atoms with Crippen LogP contribution in [-0.4, -0.2) is 32.6 Å². The van der Waals surface area contributed by atoms with Gasteiger partial charge in [0.05, 0.1) is 0 Å². The Morgan fingerprint density at radius 3 is 1.54 bits per heavy atom. The smallest absolute Gasteiger partial charge is 0.194 e. The molecule has 0 saturated heterocycles. The molecular weight excluding hydrogens is 304 g/mol. The van der Waals surface area contributed by atoms with Gasteiger partial charge in [0.1, 0.15) is 0 Å². The van der Waals surface area contributed by atoms with E-state index < -0.39 is 0 Å². The Bertz CT molecular complexity index is 832. The summed E-state index contributed by atoms with van der Waals surface area (Å²) >= 11 is 0. The maximum atomic E-state index is 9.70. The molecule has 0 amide bonds. The Morgan fingerprint density at radius 1 is 0.667 bits per heavy atom. The molecule has 0 radical (unpaired) electrons. The zero-order chi connectivity index (χ0) is 16.8. The molecular formula is C18H14N4O2. The van der Waals surface area contributed by atoms with Crippen molar-refractivity contribution in [1.29, 1.82) is 0 Å². The first-order valence-corrected chi connectivity index (χ1v) is 7.19. The zero-order valence-electron chi connectivity index (χ0n) is 12.6. The van der Waals surface area contributed by atoms with Gasteiger partial charge in [-0.25, -0.2) is 20.0 Å². The topological polar surface area (TPSA) is 91.0 Å². The van der Waals surface area contributed by atoms with Gasteiger partial charge in [0.2, 0.25) is 0 Å². The van der Waals surface area contributed by atoms with Gasteiger partial charge in [0.25, 0.3) is 0 Å². The summed E-state index contributed by atoms with van der Waals surface area (Å²) < 4.78 is 0. The highest BCUT2D eigenvalue weighted by molar-refractivity contribution is 5.95. The second kappa shape index (κ2) is 7.15. The lowest BCUT2D eigenvalue weighted by Crippen LogP contribution is -1.91. The van der Waals surface area contributed by atoms with Crippen LogP contribution in [0.25, 0.3) is 0 Å². The van der Waals surface area contributed by atoms with E-state index in [0.29, 0.717) is 0 Å². The van der Waals surface area contributed by atoms with Gasteiger partial charge in [-0.05, 0) is 24.3 Å². The second-order valence-electron chi connectivity index (χ2n) is 4.84. The molecule has 0 spiro atoms. The lowest BCUT2D eigenvalue weighted by Gasteiger charge is -2.01. The van der Waals surface area contributed by atoms with Crippen molar-refractivity contribution in [3.63, 3.8) is 0 Å². The van der Waals surface area contributed by atoms with Gasteiger partial charge in [-0.1, -0.05) is 24.3 Å². The van der Waals surface area contributed by atoms with Crippen LogP contribution in [0.2, 0.25) is 0 Å². The molecule has 0 aliphatic rings. The Kier molecular flexibility index (Phi) is 4.57.